The van der Waals surface area contributed by atoms with Gasteiger partial charge in [-0.05, 0) is 23.6 Å². The highest BCUT2D eigenvalue weighted by atomic mass is 16.3. The molecule has 1 atom stereocenters. The second kappa shape index (κ2) is 7.10. The van der Waals surface area contributed by atoms with Crippen molar-refractivity contribution in [3.05, 3.63) is 63.6 Å². The minimum Gasteiger partial charge on any atom is -0.390 e. The Kier molecular flexibility index (Phi) is 5.06. The van der Waals surface area contributed by atoms with Crippen LogP contribution in [-0.2, 0) is 24.9 Å². The van der Waals surface area contributed by atoms with E-state index in [2.05, 4.69) is 55.0 Å². The fraction of sp³-hybridized carbons (Fsp3) is 0.500. The maximum atomic E-state index is 12.1. The molecule has 0 bridgehead atoms. The number of β-amino-alcohol motifs (C(OH)–C–C–N with tert-alkyl or cyclic N) is 1. The van der Waals surface area contributed by atoms with Gasteiger partial charge in [-0.1, -0.05) is 45.0 Å². The quantitative estimate of drug-likeness (QED) is 0.924. The first kappa shape index (κ1) is 17.8. The Morgan fingerprint density at radius 2 is 1.84 bits per heavy atom. The number of aliphatic hydroxyl groups is 1. The SMILES string of the molecule is CC(C)(C)c1ccc(=O)n(CC(O)CN2CCc3ccccc3C2)n1. The van der Waals surface area contributed by atoms with Gasteiger partial charge in [0, 0.05) is 31.1 Å². The molecule has 0 aliphatic carbocycles. The van der Waals surface area contributed by atoms with E-state index in [-0.39, 0.29) is 17.5 Å². The predicted octanol–water partition coefficient (Wildman–Crippen LogP) is 1.96. The highest BCUT2D eigenvalue weighted by molar-refractivity contribution is 5.29. The van der Waals surface area contributed by atoms with E-state index in [4.69, 9.17) is 0 Å². The van der Waals surface area contributed by atoms with Gasteiger partial charge in [0.1, 0.15) is 0 Å². The summed E-state index contributed by atoms with van der Waals surface area (Å²) in [6, 6.07) is 11.8. The molecule has 0 spiro atoms. The molecule has 2 aromatic rings. The fourth-order valence-electron chi connectivity index (χ4n) is 3.25. The standard InChI is InChI=1S/C20H27N3O2/c1-20(2,3)18-8-9-19(25)23(21-18)14-17(24)13-22-11-10-15-6-4-5-7-16(15)12-22/h4-9,17,24H,10-14H2,1-3H3. The largest absolute Gasteiger partial charge is 0.390 e. The third-order valence-electron chi connectivity index (χ3n) is 4.70. The lowest BCUT2D eigenvalue weighted by Gasteiger charge is -2.30. The molecule has 5 heteroatoms. The molecular weight excluding hydrogens is 314 g/mol. The number of aliphatic hydroxyl groups excluding tert-OH is 1. The molecule has 2 heterocycles. The molecule has 0 saturated heterocycles. The van der Waals surface area contributed by atoms with Crippen molar-refractivity contribution in [3.8, 4) is 0 Å². The van der Waals surface area contributed by atoms with Crippen molar-refractivity contribution in [3.63, 3.8) is 0 Å². The van der Waals surface area contributed by atoms with Crippen LogP contribution in [0.15, 0.2) is 41.2 Å². The third-order valence-corrected chi connectivity index (χ3v) is 4.70. The van der Waals surface area contributed by atoms with Gasteiger partial charge in [-0.25, -0.2) is 4.68 Å². The molecule has 25 heavy (non-hydrogen) atoms. The fourth-order valence-corrected chi connectivity index (χ4v) is 3.25. The molecule has 134 valence electrons. The number of benzene rings is 1. The zero-order valence-electron chi connectivity index (χ0n) is 15.3. The Labute approximate surface area is 148 Å². The summed E-state index contributed by atoms with van der Waals surface area (Å²) in [7, 11) is 0. The van der Waals surface area contributed by atoms with Crippen molar-refractivity contribution in [1.82, 2.24) is 14.7 Å². The Morgan fingerprint density at radius 1 is 1.12 bits per heavy atom. The van der Waals surface area contributed by atoms with Crippen LogP contribution in [0.25, 0.3) is 0 Å². The number of hydrogen-bond acceptors (Lipinski definition) is 4. The molecule has 0 saturated carbocycles. The second-order valence-electron chi connectivity index (χ2n) is 7.90. The molecule has 1 aromatic carbocycles. The molecule has 0 amide bonds. The van der Waals surface area contributed by atoms with Gasteiger partial charge in [0.25, 0.3) is 5.56 Å². The zero-order chi connectivity index (χ0) is 18.0. The van der Waals surface area contributed by atoms with Gasteiger partial charge in [0.2, 0.25) is 0 Å². The van der Waals surface area contributed by atoms with E-state index in [1.165, 1.54) is 21.9 Å². The van der Waals surface area contributed by atoms with Crippen LogP contribution in [0.5, 0.6) is 0 Å². The lowest BCUT2D eigenvalue weighted by atomic mass is 9.92. The summed E-state index contributed by atoms with van der Waals surface area (Å²) in [5, 5.41) is 14.9. The molecule has 1 aliphatic rings. The summed E-state index contributed by atoms with van der Waals surface area (Å²) in [6.45, 7) is 8.72. The summed E-state index contributed by atoms with van der Waals surface area (Å²) >= 11 is 0. The summed E-state index contributed by atoms with van der Waals surface area (Å²) in [4.78, 5) is 14.3. The van der Waals surface area contributed by atoms with E-state index < -0.39 is 6.10 Å². The summed E-state index contributed by atoms with van der Waals surface area (Å²) < 4.78 is 1.39. The minimum absolute atomic E-state index is 0.128. The molecule has 3 rings (SSSR count). The molecule has 5 nitrogen and oxygen atoms in total. The first-order chi connectivity index (χ1) is 11.8. The van der Waals surface area contributed by atoms with E-state index in [0.717, 1.165) is 25.2 Å². The number of hydrogen-bond donors (Lipinski definition) is 1. The normalized spacial score (nSPS) is 16.5. The van der Waals surface area contributed by atoms with Crippen LogP contribution >= 0.6 is 0 Å². The van der Waals surface area contributed by atoms with E-state index in [1.54, 1.807) is 6.07 Å². The average molecular weight is 341 g/mol. The van der Waals surface area contributed by atoms with E-state index >= 15 is 0 Å². The Hall–Kier alpha value is -1.98. The monoisotopic (exact) mass is 341 g/mol. The third kappa shape index (κ3) is 4.35. The number of rotatable bonds is 4. The van der Waals surface area contributed by atoms with Gasteiger partial charge in [-0.3, -0.25) is 9.69 Å². The molecule has 0 radical (unpaired) electrons. The topological polar surface area (TPSA) is 58.4 Å². The molecule has 1 aromatic heterocycles. The predicted molar refractivity (Wildman–Crippen MR) is 98.6 cm³/mol. The molecule has 1 aliphatic heterocycles. The Bertz CT molecular complexity index is 792. The summed E-state index contributed by atoms with van der Waals surface area (Å²) in [5.74, 6) is 0. The molecule has 1 N–H and O–H groups in total. The Balaban J connectivity index is 1.66. The van der Waals surface area contributed by atoms with Crippen LogP contribution in [0, 0.1) is 0 Å². The lowest BCUT2D eigenvalue weighted by Crippen LogP contribution is -2.40. The van der Waals surface area contributed by atoms with Crippen LogP contribution < -0.4 is 5.56 Å². The van der Waals surface area contributed by atoms with Gasteiger partial charge in [-0.15, -0.1) is 0 Å². The first-order valence-corrected chi connectivity index (χ1v) is 8.89. The highest BCUT2D eigenvalue weighted by Gasteiger charge is 2.20. The molecular formula is C20H27N3O2. The Morgan fingerprint density at radius 3 is 2.56 bits per heavy atom. The number of fused-ring (bicyclic) bond motifs is 1. The smallest absolute Gasteiger partial charge is 0.266 e. The van der Waals surface area contributed by atoms with Crippen molar-refractivity contribution in [2.24, 2.45) is 0 Å². The first-order valence-electron chi connectivity index (χ1n) is 8.89. The average Bonchev–Trinajstić information content (AvgIpc) is 2.55. The lowest BCUT2D eigenvalue weighted by molar-refractivity contribution is 0.0872. The van der Waals surface area contributed by atoms with Crippen molar-refractivity contribution < 1.29 is 5.11 Å². The van der Waals surface area contributed by atoms with Gasteiger partial charge in [-0.2, -0.15) is 5.10 Å². The zero-order valence-corrected chi connectivity index (χ0v) is 15.3. The second-order valence-corrected chi connectivity index (χ2v) is 7.90. The van der Waals surface area contributed by atoms with Crippen LogP contribution in [0.3, 0.4) is 0 Å². The number of aromatic nitrogens is 2. The van der Waals surface area contributed by atoms with Gasteiger partial charge in [0.05, 0.1) is 18.3 Å². The maximum absolute atomic E-state index is 12.1. The molecule has 0 fully saturated rings. The molecule has 1 unspecified atom stereocenters. The van der Waals surface area contributed by atoms with E-state index in [1.807, 2.05) is 0 Å². The van der Waals surface area contributed by atoms with Crippen LogP contribution in [0.2, 0.25) is 0 Å². The van der Waals surface area contributed by atoms with E-state index in [0.29, 0.717) is 6.54 Å². The van der Waals surface area contributed by atoms with Gasteiger partial charge < -0.3 is 5.11 Å². The highest BCUT2D eigenvalue weighted by Crippen LogP contribution is 2.19. The van der Waals surface area contributed by atoms with E-state index in [9.17, 15) is 9.90 Å². The van der Waals surface area contributed by atoms with Crippen LogP contribution in [0.1, 0.15) is 37.6 Å². The summed E-state index contributed by atoms with van der Waals surface area (Å²) in [6.07, 6.45) is 0.381. The van der Waals surface area contributed by atoms with Crippen LogP contribution in [0.4, 0.5) is 0 Å². The van der Waals surface area contributed by atoms with Crippen LogP contribution in [-0.4, -0.2) is 39.0 Å². The minimum atomic E-state index is -0.620. The van der Waals surface area contributed by atoms with Crippen molar-refractivity contribution >= 4 is 0 Å². The maximum Gasteiger partial charge on any atom is 0.266 e. The van der Waals surface area contributed by atoms with Gasteiger partial charge >= 0.3 is 0 Å². The van der Waals surface area contributed by atoms with Crippen molar-refractivity contribution in [2.75, 3.05) is 13.1 Å². The summed E-state index contributed by atoms with van der Waals surface area (Å²) in [5.41, 5.74) is 3.27. The number of nitrogens with zero attached hydrogens (tertiary/aromatic N) is 3. The van der Waals surface area contributed by atoms with Gasteiger partial charge in [0.15, 0.2) is 0 Å². The van der Waals surface area contributed by atoms with Crippen molar-refractivity contribution in [2.45, 2.75) is 51.8 Å². The van der Waals surface area contributed by atoms with Crippen molar-refractivity contribution in [1.29, 1.82) is 0 Å².